The highest BCUT2D eigenvalue weighted by Crippen LogP contribution is 2.30. The molecule has 4 aromatic carbocycles. The van der Waals surface area contributed by atoms with Crippen LogP contribution in [0.5, 0.6) is 23.0 Å². The number of nitrogens with zero attached hydrogens (tertiary/aromatic N) is 1. The molecule has 0 saturated carbocycles. The van der Waals surface area contributed by atoms with Crippen LogP contribution < -0.4 is 24.3 Å². The molecule has 0 fully saturated rings. The number of rotatable bonds is 13. The summed E-state index contributed by atoms with van der Waals surface area (Å²) in [7, 11) is 6.31. The Labute approximate surface area is 246 Å². The zero-order valence-electron chi connectivity index (χ0n) is 24.3. The lowest BCUT2D eigenvalue weighted by atomic mass is 10.0. The maximum atomic E-state index is 14.1. The molecule has 4 rings (SSSR count). The molecule has 4 aromatic rings. The third kappa shape index (κ3) is 7.40. The Morgan fingerprint density at radius 2 is 1.33 bits per heavy atom. The van der Waals surface area contributed by atoms with E-state index in [0.29, 0.717) is 28.6 Å². The Kier molecular flexibility index (Phi) is 10.4. The molecule has 42 heavy (non-hydrogen) atoms. The molecule has 1 N–H and O–H groups in total. The molecule has 0 aliphatic carbocycles. The largest absolute Gasteiger partial charge is 0.497 e. The molecule has 0 spiro atoms. The number of ether oxygens (including phenoxy) is 4. The molecule has 0 bridgehead atoms. The van der Waals surface area contributed by atoms with Gasteiger partial charge in [-0.15, -0.1) is 0 Å². The van der Waals surface area contributed by atoms with Gasteiger partial charge in [-0.3, -0.25) is 9.59 Å². The van der Waals surface area contributed by atoms with E-state index in [1.54, 1.807) is 45.5 Å². The standard InChI is InChI=1S/C34H36N2O6/c1-39-28-17-14-24(15-18-28)23-36(32(37)21-25-16-19-30(41-3)31(20-25)42-4)33(26-10-6-5-7-11-26)34(38)35-22-27-12-8-9-13-29(27)40-2/h5-20,33H,21-23H2,1-4H3,(H,35,38)/t33-/m0/s1. The molecule has 0 radical (unpaired) electrons. The molecule has 0 unspecified atom stereocenters. The van der Waals surface area contributed by atoms with E-state index in [0.717, 1.165) is 16.7 Å². The lowest BCUT2D eigenvalue weighted by Crippen LogP contribution is -2.43. The van der Waals surface area contributed by atoms with Gasteiger partial charge in [-0.1, -0.05) is 66.7 Å². The SMILES string of the molecule is COc1ccc(CN(C(=O)Cc2ccc(OC)c(OC)c2)[C@H](C(=O)NCc2ccccc2OC)c2ccccc2)cc1. The predicted molar refractivity (Wildman–Crippen MR) is 161 cm³/mol. The van der Waals surface area contributed by atoms with Gasteiger partial charge in [0.15, 0.2) is 11.5 Å². The average molecular weight is 569 g/mol. The van der Waals surface area contributed by atoms with Crippen molar-refractivity contribution >= 4 is 11.8 Å². The number of para-hydroxylation sites is 1. The van der Waals surface area contributed by atoms with Crippen LogP contribution in [0.4, 0.5) is 0 Å². The van der Waals surface area contributed by atoms with Crippen molar-refractivity contribution in [3.05, 3.63) is 119 Å². The van der Waals surface area contributed by atoms with Gasteiger partial charge < -0.3 is 29.2 Å². The fourth-order valence-electron chi connectivity index (χ4n) is 4.75. The molecule has 8 nitrogen and oxygen atoms in total. The molecule has 0 aliphatic rings. The van der Waals surface area contributed by atoms with Gasteiger partial charge in [-0.2, -0.15) is 0 Å². The summed E-state index contributed by atoms with van der Waals surface area (Å²) >= 11 is 0. The first-order chi connectivity index (χ1) is 20.5. The summed E-state index contributed by atoms with van der Waals surface area (Å²) in [6.07, 6.45) is 0.0552. The van der Waals surface area contributed by atoms with Crippen LogP contribution in [0.15, 0.2) is 97.1 Å². The Hall–Kier alpha value is -4.98. The first-order valence-electron chi connectivity index (χ1n) is 13.5. The van der Waals surface area contributed by atoms with Gasteiger partial charge in [-0.05, 0) is 47.0 Å². The van der Waals surface area contributed by atoms with Crippen molar-refractivity contribution in [3.8, 4) is 23.0 Å². The summed E-state index contributed by atoms with van der Waals surface area (Å²) in [6, 6.07) is 28.8. The van der Waals surface area contributed by atoms with Gasteiger partial charge in [0.25, 0.3) is 0 Å². The minimum Gasteiger partial charge on any atom is -0.497 e. The fourth-order valence-corrected chi connectivity index (χ4v) is 4.75. The molecule has 2 amide bonds. The Morgan fingerprint density at radius 1 is 0.690 bits per heavy atom. The van der Waals surface area contributed by atoms with Crippen LogP contribution in [-0.4, -0.2) is 45.2 Å². The highest BCUT2D eigenvalue weighted by atomic mass is 16.5. The molecule has 0 aliphatic heterocycles. The van der Waals surface area contributed by atoms with E-state index < -0.39 is 6.04 Å². The van der Waals surface area contributed by atoms with Crippen LogP contribution in [0.2, 0.25) is 0 Å². The second kappa shape index (κ2) is 14.6. The van der Waals surface area contributed by atoms with E-state index >= 15 is 0 Å². The van der Waals surface area contributed by atoms with Crippen LogP contribution in [0, 0.1) is 0 Å². The number of hydrogen-bond acceptors (Lipinski definition) is 6. The predicted octanol–water partition coefficient (Wildman–Crippen LogP) is 5.35. The maximum absolute atomic E-state index is 14.1. The van der Waals surface area contributed by atoms with E-state index in [-0.39, 0.29) is 31.3 Å². The van der Waals surface area contributed by atoms with Gasteiger partial charge in [0, 0.05) is 18.7 Å². The average Bonchev–Trinajstić information content (AvgIpc) is 3.04. The molecular formula is C34H36N2O6. The molecule has 218 valence electrons. The minimum atomic E-state index is -0.893. The summed E-state index contributed by atoms with van der Waals surface area (Å²) in [5, 5.41) is 3.04. The minimum absolute atomic E-state index is 0.0552. The van der Waals surface area contributed by atoms with Crippen LogP contribution in [0.1, 0.15) is 28.3 Å². The highest BCUT2D eigenvalue weighted by Gasteiger charge is 2.32. The van der Waals surface area contributed by atoms with Gasteiger partial charge >= 0.3 is 0 Å². The summed E-state index contributed by atoms with van der Waals surface area (Å²) in [4.78, 5) is 29.7. The normalized spacial score (nSPS) is 11.2. The quantitative estimate of drug-likeness (QED) is 0.234. The van der Waals surface area contributed by atoms with E-state index in [4.69, 9.17) is 18.9 Å². The first kappa shape index (κ1) is 30.0. The third-order valence-corrected chi connectivity index (χ3v) is 6.96. The maximum Gasteiger partial charge on any atom is 0.247 e. The van der Waals surface area contributed by atoms with Gasteiger partial charge in [0.05, 0.1) is 34.9 Å². The van der Waals surface area contributed by atoms with Crippen LogP contribution >= 0.6 is 0 Å². The number of methoxy groups -OCH3 is 4. The zero-order chi connectivity index (χ0) is 29.9. The monoisotopic (exact) mass is 568 g/mol. The van der Waals surface area contributed by atoms with Crippen LogP contribution in [-0.2, 0) is 29.1 Å². The molecule has 0 saturated heterocycles. The van der Waals surface area contributed by atoms with Crippen molar-refractivity contribution < 1.29 is 28.5 Å². The Bertz CT molecular complexity index is 1470. The van der Waals surface area contributed by atoms with Crippen molar-refractivity contribution in [2.24, 2.45) is 0 Å². The molecule has 1 atom stereocenters. The lowest BCUT2D eigenvalue weighted by molar-refractivity contribution is -0.141. The van der Waals surface area contributed by atoms with E-state index in [1.807, 2.05) is 84.9 Å². The second-order valence-electron chi connectivity index (χ2n) is 9.58. The molecule has 8 heteroatoms. The van der Waals surface area contributed by atoms with Crippen LogP contribution in [0.25, 0.3) is 0 Å². The zero-order valence-corrected chi connectivity index (χ0v) is 24.3. The molecule has 0 aromatic heterocycles. The van der Waals surface area contributed by atoms with Crippen LogP contribution in [0.3, 0.4) is 0 Å². The fraction of sp³-hybridized carbons (Fsp3) is 0.235. The second-order valence-corrected chi connectivity index (χ2v) is 9.58. The number of benzene rings is 4. The van der Waals surface area contributed by atoms with Crippen molar-refractivity contribution in [3.63, 3.8) is 0 Å². The van der Waals surface area contributed by atoms with Crippen molar-refractivity contribution in [2.45, 2.75) is 25.6 Å². The summed E-state index contributed by atoms with van der Waals surface area (Å²) in [5.74, 6) is 1.95. The van der Waals surface area contributed by atoms with Crippen molar-refractivity contribution in [1.82, 2.24) is 10.2 Å². The number of carbonyl (C=O) groups is 2. The smallest absolute Gasteiger partial charge is 0.247 e. The molecule has 0 heterocycles. The lowest BCUT2D eigenvalue weighted by Gasteiger charge is -2.32. The number of hydrogen-bond donors (Lipinski definition) is 1. The van der Waals surface area contributed by atoms with E-state index in [9.17, 15) is 9.59 Å². The number of carbonyl (C=O) groups excluding carboxylic acids is 2. The Morgan fingerprint density at radius 3 is 2.00 bits per heavy atom. The van der Waals surface area contributed by atoms with Gasteiger partial charge in [-0.25, -0.2) is 0 Å². The summed E-state index contributed by atoms with van der Waals surface area (Å²) < 4.78 is 21.6. The first-order valence-corrected chi connectivity index (χ1v) is 13.5. The van der Waals surface area contributed by atoms with E-state index in [1.165, 1.54) is 0 Å². The molecular weight excluding hydrogens is 532 g/mol. The number of amides is 2. The van der Waals surface area contributed by atoms with Gasteiger partial charge in [0.2, 0.25) is 11.8 Å². The number of nitrogens with one attached hydrogen (secondary N) is 1. The third-order valence-electron chi connectivity index (χ3n) is 6.96. The van der Waals surface area contributed by atoms with Crippen molar-refractivity contribution in [1.29, 1.82) is 0 Å². The van der Waals surface area contributed by atoms with E-state index in [2.05, 4.69) is 5.32 Å². The Balaban J connectivity index is 1.70. The topological polar surface area (TPSA) is 86.3 Å². The summed E-state index contributed by atoms with van der Waals surface area (Å²) in [6.45, 7) is 0.449. The summed E-state index contributed by atoms with van der Waals surface area (Å²) in [5.41, 5.74) is 3.12. The highest BCUT2D eigenvalue weighted by molar-refractivity contribution is 5.89. The van der Waals surface area contributed by atoms with Crippen molar-refractivity contribution in [2.75, 3.05) is 28.4 Å². The van der Waals surface area contributed by atoms with Gasteiger partial charge in [0.1, 0.15) is 17.5 Å².